The lowest BCUT2D eigenvalue weighted by Crippen LogP contribution is -2.00. The maximum Gasteiger partial charge on any atom is 0.0697 e. The summed E-state index contributed by atoms with van der Waals surface area (Å²) in [4.78, 5) is 0. The average molecular weight is 347 g/mol. The molecule has 0 aromatic carbocycles. The van der Waals surface area contributed by atoms with Crippen LogP contribution in [-0.2, 0) is 4.74 Å². The van der Waals surface area contributed by atoms with Crippen LogP contribution >= 0.6 is 0 Å². The van der Waals surface area contributed by atoms with Crippen LogP contribution in [0.25, 0.3) is 0 Å². The first-order valence-corrected chi connectivity index (χ1v) is 7.81. The molecule has 5 nitrogen and oxygen atoms in total. The van der Waals surface area contributed by atoms with E-state index >= 15 is 0 Å². The van der Waals surface area contributed by atoms with E-state index in [4.69, 9.17) is 25.2 Å². The normalized spacial score (nSPS) is 8.29. The van der Waals surface area contributed by atoms with Crippen molar-refractivity contribution in [2.24, 2.45) is 0 Å². The van der Waals surface area contributed by atoms with Crippen LogP contribution in [0.2, 0.25) is 0 Å². The van der Waals surface area contributed by atoms with E-state index < -0.39 is 0 Å². The molecule has 0 fully saturated rings. The molecule has 0 aliphatic rings. The zero-order valence-corrected chi connectivity index (χ0v) is 15.8. The van der Waals surface area contributed by atoms with Crippen LogP contribution in [0.5, 0.6) is 0 Å². The molecule has 0 bridgehead atoms. The molecule has 0 saturated heterocycles. The highest BCUT2D eigenvalue weighted by molar-refractivity contribution is 5.05. The highest BCUT2D eigenvalue weighted by atomic mass is 16.5. The Morgan fingerprint density at radius 1 is 0.750 bits per heavy atom. The molecule has 5 heteroatoms. The number of rotatable bonds is 9. The van der Waals surface area contributed by atoms with E-state index in [1.54, 1.807) is 6.08 Å². The lowest BCUT2D eigenvalue weighted by Gasteiger charge is -1.99. The van der Waals surface area contributed by atoms with Crippen molar-refractivity contribution in [2.45, 2.75) is 33.6 Å². The molecule has 4 N–H and O–H groups in total. The number of hydrogen-bond acceptors (Lipinski definition) is 5. The van der Waals surface area contributed by atoms with Crippen molar-refractivity contribution >= 4 is 0 Å². The molecule has 0 spiro atoms. The van der Waals surface area contributed by atoms with Crippen LogP contribution in [0.3, 0.4) is 0 Å². The van der Waals surface area contributed by atoms with Crippen molar-refractivity contribution < 1.29 is 25.2 Å². The number of allylic oxidation sites excluding steroid dienone is 2. The predicted octanol–water partition coefficient (Wildman–Crippen LogP) is 2.63. The van der Waals surface area contributed by atoms with Crippen molar-refractivity contribution in [1.29, 1.82) is 0 Å². The minimum absolute atomic E-state index is 0.107. The van der Waals surface area contributed by atoms with Gasteiger partial charge in [0.2, 0.25) is 0 Å². The van der Waals surface area contributed by atoms with Crippen LogP contribution in [0.15, 0.2) is 49.1 Å². The summed E-state index contributed by atoms with van der Waals surface area (Å²) in [6, 6.07) is 0. The summed E-state index contributed by atoms with van der Waals surface area (Å²) in [5.41, 5.74) is 3.18. The summed E-state index contributed by atoms with van der Waals surface area (Å²) in [5.74, 6) is 0. The third-order valence-corrected chi connectivity index (χ3v) is 1.90. The second-order valence-electron chi connectivity index (χ2n) is 4.97. The van der Waals surface area contributed by atoms with Gasteiger partial charge in [-0.05, 0) is 33.6 Å². The van der Waals surface area contributed by atoms with Gasteiger partial charge in [0.05, 0.1) is 33.0 Å². The van der Waals surface area contributed by atoms with Crippen LogP contribution in [0.4, 0.5) is 0 Å². The van der Waals surface area contributed by atoms with E-state index in [2.05, 4.69) is 26.3 Å². The van der Waals surface area contributed by atoms with Crippen LogP contribution in [0.1, 0.15) is 33.6 Å². The molecule has 0 amide bonds. The van der Waals surface area contributed by atoms with Crippen LogP contribution in [0, 0.1) is 0 Å². The highest BCUT2D eigenvalue weighted by Crippen LogP contribution is 1.94. The van der Waals surface area contributed by atoms with Gasteiger partial charge >= 0.3 is 0 Å². The van der Waals surface area contributed by atoms with Crippen molar-refractivity contribution in [3.8, 4) is 0 Å². The highest BCUT2D eigenvalue weighted by Gasteiger charge is 1.86. The minimum Gasteiger partial charge on any atom is -0.396 e. The summed E-state index contributed by atoms with van der Waals surface area (Å²) >= 11 is 0. The van der Waals surface area contributed by atoms with E-state index in [1.165, 1.54) is 0 Å². The Morgan fingerprint density at radius 3 is 1.33 bits per heavy atom. The third kappa shape index (κ3) is 70.0. The Labute approximate surface area is 148 Å². The van der Waals surface area contributed by atoms with Crippen molar-refractivity contribution in [1.82, 2.24) is 0 Å². The van der Waals surface area contributed by atoms with E-state index in [9.17, 15) is 0 Å². The molecule has 0 heterocycles. The Hall–Kier alpha value is -1.24. The fraction of sp³-hybridized carbons (Fsp3) is 0.579. The van der Waals surface area contributed by atoms with Crippen molar-refractivity contribution in [3.05, 3.63) is 49.1 Å². The summed E-state index contributed by atoms with van der Waals surface area (Å²) < 4.78 is 4.98. The molecule has 0 unspecified atom stereocenters. The largest absolute Gasteiger partial charge is 0.396 e. The molecule has 0 radical (unpaired) electrons. The van der Waals surface area contributed by atoms with Gasteiger partial charge in [-0.1, -0.05) is 36.0 Å². The van der Waals surface area contributed by atoms with Gasteiger partial charge in [-0.15, -0.1) is 13.2 Å². The minimum atomic E-state index is -0.125. The maximum absolute atomic E-state index is 8.28. The molecule has 0 saturated carbocycles. The molecular formula is C19H38O5. The maximum atomic E-state index is 8.28. The molecule has 0 aliphatic carbocycles. The Morgan fingerprint density at radius 2 is 1.17 bits per heavy atom. The second kappa shape index (κ2) is 29.7. The van der Waals surface area contributed by atoms with Crippen molar-refractivity contribution in [3.63, 3.8) is 0 Å². The fourth-order valence-electron chi connectivity index (χ4n) is 0.604. The molecule has 0 atom stereocenters. The van der Waals surface area contributed by atoms with Crippen LogP contribution in [-0.4, -0.2) is 60.1 Å². The van der Waals surface area contributed by atoms with E-state index in [0.29, 0.717) is 13.2 Å². The number of aliphatic hydroxyl groups is 4. The van der Waals surface area contributed by atoms with Gasteiger partial charge in [-0.2, -0.15) is 0 Å². The average Bonchev–Trinajstić information content (AvgIpc) is 2.52. The smallest absolute Gasteiger partial charge is 0.0697 e. The first-order chi connectivity index (χ1) is 11.2. The summed E-state index contributed by atoms with van der Waals surface area (Å²) in [7, 11) is 0. The molecule has 0 aromatic rings. The van der Waals surface area contributed by atoms with Gasteiger partial charge in [-0.25, -0.2) is 0 Å². The monoisotopic (exact) mass is 346 g/mol. The molecule has 0 aliphatic heterocycles. The molecule has 0 rings (SSSR count). The third-order valence-electron chi connectivity index (χ3n) is 1.90. The standard InChI is InChI=1S/C7H14O2.C5H10O.C5H8.C2H6O2/c1-7(2)3-5-9-6-4-8;1-5(2)3-4-6;1-4-5(2)3;3-1-2-4/h8H,1,3-6H2,2H3;6H,1,3-4H2,2H3;4H,1-2H2,3H3;3-4H,1-2H2. The zero-order chi connectivity index (χ0) is 19.8. The first-order valence-electron chi connectivity index (χ1n) is 7.81. The summed E-state index contributed by atoms with van der Waals surface area (Å²) in [5, 5.41) is 31.7. The molecular weight excluding hydrogens is 308 g/mol. The summed E-state index contributed by atoms with van der Waals surface area (Å²) in [6.07, 6.45) is 3.35. The van der Waals surface area contributed by atoms with Crippen LogP contribution < -0.4 is 0 Å². The first kappa shape index (κ1) is 30.6. The molecule has 144 valence electrons. The molecule has 0 aromatic heterocycles. The fourth-order valence-corrected chi connectivity index (χ4v) is 0.604. The van der Waals surface area contributed by atoms with Gasteiger partial charge < -0.3 is 25.2 Å². The SMILES string of the molecule is C=C(C)CCO.C=C(C)CCOCCO.C=CC(=C)C.OCCO. The Balaban J connectivity index is -0.000000117. The zero-order valence-electron chi connectivity index (χ0n) is 15.8. The van der Waals surface area contributed by atoms with E-state index in [-0.39, 0.29) is 26.4 Å². The van der Waals surface area contributed by atoms with Gasteiger partial charge in [0.15, 0.2) is 0 Å². The number of hydrogen-bond donors (Lipinski definition) is 4. The second-order valence-corrected chi connectivity index (χ2v) is 4.97. The van der Waals surface area contributed by atoms with E-state index in [1.807, 2.05) is 20.8 Å². The van der Waals surface area contributed by atoms with Gasteiger partial charge in [0, 0.05) is 6.61 Å². The lowest BCUT2D eigenvalue weighted by atomic mass is 10.3. The van der Waals surface area contributed by atoms with Gasteiger partial charge in [0.25, 0.3) is 0 Å². The molecule has 24 heavy (non-hydrogen) atoms. The Bertz CT molecular complexity index is 296. The number of ether oxygens (including phenoxy) is 1. The topological polar surface area (TPSA) is 90.2 Å². The number of aliphatic hydroxyl groups excluding tert-OH is 4. The van der Waals surface area contributed by atoms with Gasteiger partial charge in [-0.3, -0.25) is 0 Å². The summed E-state index contributed by atoms with van der Waals surface area (Å²) in [6.45, 7) is 21.3. The Kier molecular flexibility index (Phi) is 37.9. The quantitative estimate of drug-likeness (QED) is 0.293. The van der Waals surface area contributed by atoms with Gasteiger partial charge in [0.1, 0.15) is 0 Å². The predicted molar refractivity (Wildman–Crippen MR) is 103 cm³/mol. The lowest BCUT2D eigenvalue weighted by molar-refractivity contribution is 0.0945. The van der Waals surface area contributed by atoms with Crippen molar-refractivity contribution in [2.75, 3.05) is 39.6 Å². The van der Waals surface area contributed by atoms with E-state index in [0.717, 1.165) is 29.6 Å².